The number of piperidine rings is 1. The molecule has 1 aliphatic heterocycles. The van der Waals surface area contributed by atoms with Gasteiger partial charge >= 0.3 is 0 Å². The van der Waals surface area contributed by atoms with Crippen LogP contribution in [0.4, 0.5) is 0 Å². The van der Waals surface area contributed by atoms with Crippen LogP contribution in [0.15, 0.2) is 36.5 Å². The van der Waals surface area contributed by atoms with Gasteiger partial charge in [0.05, 0.1) is 11.8 Å². The van der Waals surface area contributed by atoms with Crippen molar-refractivity contribution in [2.75, 3.05) is 26.7 Å². The number of likely N-dealkylation sites (tertiary alicyclic amines) is 1. The summed E-state index contributed by atoms with van der Waals surface area (Å²) in [5.74, 6) is 0.0896. The smallest absolute Gasteiger partial charge is 0.257 e. The molecular weight excluding hydrogens is 324 g/mol. The highest BCUT2D eigenvalue weighted by molar-refractivity contribution is 5.95. The number of H-pyrrole nitrogens is 1. The average Bonchev–Trinajstić information content (AvgIpc) is 3.17. The van der Waals surface area contributed by atoms with Crippen LogP contribution in [0.1, 0.15) is 47.8 Å². The van der Waals surface area contributed by atoms with Gasteiger partial charge in [-0.05, 0) is 50.8 Å². The maximum atomic E-state index is 12.8. The summed E-state index contributed by atoms with van der Waals surface area (Å²) < 4.78 is 0. The number of benzene rings is 1. The number of aromatic nitrogens is 2. The summed E-state index contributed by atoms with van der Waals surface area (Å²) >= 11 is 0. The van der Waals surface area contributed by atoms with Crippen molar-refractivity contribution >= 4 is 5.91 Å². The Labute approximate surface area is 156 Å². The minimum Gasteiger partial charge on any atom is -0.337 e. The third-order valence-corrected chi connectivity index (χ3v) is 5.43. The number of hydrogen-bond donors (Lipinski definition) is 1. The van der Waals surface area contributed by atoms with Gasteiger partial charge in [0.15, 0.2) is 0 Å². The van der Waals surface area contributed by atoms with Crippen LogP contribution in [0.2, 0.25) is 0 Å². The van der Waals surface area contributed by atoms with Gasteiger partial charge in [0, 0.05) is 25.3 Å². The Morgan fingerprint density at radius 1 is 1.35 bits per heavy atom. The first kappa shape index (κ1) is 18.6. The molecule has 26 heavy (non-hydrogen) atoms. The van der Waals surface area contributed by atoms with Crippen LogP contribution in [0.25, 0.3) is 0 Å². The fourth-order valence-electron chi connectivity index (χ4n) is 3.82. The van der Waals surface area contributed by atoms with Crippen molar-refractivity contribution in [1.29, 1.82) is 0 Å². The van der Waals surface area contributed by atoms with E-state index in [-0.39, 0.29) is 11.9 Å². The quantitative estimate of drug-likeness (QED) is 0.831. The van der Waals surface area contributed by atoms with Gasteiger partial charge in [0.25, 0.3) is 5.91 Å². The molecule has 1 aromatic carbocycles. The van der Waals surface area contributed by atoms with E-state index in [2.05, 4.69) is 45.4 Å². The molecule has 2 heterocycles. The Kier molecular flexibility index (Phi) is 6.45. The summed E-state index contributed by atoms with van der Waals surface area (Å²) in [6, 6.07) is 11.0. The van der Waals surface area contributed by atoms with E-state index in [1.807, 2.05) is 18.9 Å². The molecule has 1 atom stereocenters. The van der Waals surface area contributed by atoms with Crippen LogP contribution in [0, 0.1) is 0 Å². The minimum absolute atomic E-state index is 0.0896. The fourth-order valence-corrected chi connectivity index (χ4v) is 3.82. The highest BCUT2D eigenvalue weighted by atomic mass is 16.2. The van der Waals surface area contributed by atoms with Crippen LogP contribution in [-0.2, 0) is 12.8 Å². The van der Waals surface area contributed by atoms with E-state index in [1.54, 1.807) is 6.20 Å². The molecule has 1 aromatic heterocycles. The van der Waals surface area contributed by atoms with Crippen molar-refractivity contribution < 1.29 is 4.79 Å². The first-order valence-corrected chi connectivity index (χ1v) is 9.74. The van der Waals surface area contributed by atoms with Crippen LogP contribution in [0.3, 0.4) is 0 Å². The van der Waals surface area contributed by atoms with Crippen molar-refractivity contribution in [2.45, 2.75) is 45.1 Å². The molecule has 5 nitrogen and oxygen atoms in total. The normalized spacial score (nSPS) is 18.0. The lowest BCUT2D eigenvalue weighted by Gasteiger charge is -2.37. The van der Waals surface area contributed by atoms with E-state index in [1.165, 1.54) is 5.56 Å². The number of aromatic amines is 1. The zero-order chi connectivity index (χ0) is 18.4. The molecule has 5 heteroatoms. The number of hydrogen-bond acceptors (Lipinski definition) is 3. The second-order valence-corrected chi connectivity index (χ2v) is 7.22. The van der Waals surface area contributed by atoms with Crippen molar-refractivity contribution in [1.82, 2.24) is 20.0 Å². The first-order valence-electron chi connectivity index (χ1n) is 9.74. The molecule has 0 saturated carbocycles. The maximum absolute atomic E-state index is 12.8. The van der Waals surface area contributed by atoms with Crippen LogP contribution in [0.5, 0.6) is 0 Å². The monoisotopic (exact) mass is 354 g/mol. The Bertz CT molecular complexity index is 697. The lowest BCUT2D eigenvalue weighted by atomic mass is 10.0. The van der Waals surface area contributed by atoms with E-state index < -0.39 is 0 Å². The minimum atomic E-state index is 0.0896. The van der Waals surface area contributed by atoms with Crippen molar-refractivity contribution in [3.8, 4) is 0 Å². The van der Waals surface area contributed by atoms with E-state index in [9.17, 15) is 4.79 Å². The topological polar surface area (TPSA) is 52.2 Å². The predicted molar refractivity (Wildman–Crippen MR) is 104 cm³/mol. The molecule has 3 rings (SSSR count). The number of carbonyl (C=O) groups is 1. The van der Waals surface area contributed by atoms with Gasteiger partial charge < -0.3 is 9.80 Å². The average molecular weight is 354 g/mol. The highest BCUT2D eigenvalue weighted by Crippen LogP contribution is 2.19. The van der Waals surface area contributed by atoms with Crippen LogP contribution < -0.4 is 0 Å². The molecule has 1 N–H and O–H groups in total. The standard InChI is InChI=1S/C21H30N4O/c1-3-20-19(15-22-23-20)21(26)24(2)18-12-8-14-25(16-18)13-7-11-17-9-5-4-6-10-17/h4-6,9-10,15,18H,3,7-8,11-14,16H2,1-2H3,(H,22,23). The molecule has 0 bridgehead atoms. The molecule has 1 amide bonds. The fraction of sp³-hybridized carbons (Fsp3) is 0.524. The van der Waals surface area contributed by atoms with Gasteiger partial charge in [-0.2, -0.15) is 5.10 Å². The van der Waals surface area contributed by atoms with Crippen molar-refractivity contribution in [2.24, 2.45) is 0 Å². The second-order valence-electron chi connectivity index (χ2n) is 7.22. The predicted octanol–water partition coefficient (Wildman–Crippen LogP) is 3.14. The largest absolute Gasteiger partial charge is 0.337 e. The molecule has 1 saturated heterocycles. The van der Waals surface area contributed by atoms with Gasteiger partial charge in [0.2, 0.25) is 0 Å². The molecule has 140 valence electrons. The Balaban J connectivity index is 1.51. The Morgan fingerprint density at radius 3 is 2.92 bits per heavy atom. The molecule has 0 spiro atoms. The summed E-state index contributed by atoms with van der Waals surface area (Å²) in [6.45, 7) is 5.24. The summed E-state index contributed by atoms with van der Waals surface area (Å²) in [6.07, 6.45) is 6.97. The van der Waals surface area contributed by atoms with E-state index in [4.69, 9.17) is 0 Å². The van der Waals surface area contributed by atoms with Crippen LogP contribution in [-0.4, -0.2) is 58.6 Å². The van der Waals surface area contributed by atoms with Crippen LogP contribution >= 0.6 is 0 Å². The van der Waals surface area contributed by atoms with Gasteiger partial charge in [-0.1, -0.05) is 37.3 Å². The molecule has 1 aliphatic rings. The molecule has 1 unspecified atom stereocenters. The van der Waals surface area contributed by atoms with E-state index >= 15 is 0 Å². The summed E-state index contributed by atoms with van der Waals surface area (Å²) in [5, 5.41) is 6.98. The number of aryl methyl sites for hydroxylation is 2. The second kappa shape index (κ2) is 8.99. The Morgan fingerprint density at radius 2 is 2.15 bits per heavy atom. The van der Waals surface area contributed by atoms with E-state index in [0.717, 1.165) is 63.0 Å². The zero-order valence-electron chi connectivity index (χ0n) is 15.9. The van der Waals surface area contributed by atoms with Gasteiger partial charge in [-0.25, -0.2) is 0 Å². The lowest BCUT2D eigenvalue weighted by molar-refractivity contribution is 0.0616. The SMILES string of the molecule is CCc1[nH]ncc1C(=O)N(C)C1CCCN(CCCc2ccccc2)C1. The molecule has 0 aliphatic carbocycles. The lowest BCUT2D eigenvalue weighted by Crippen LogP contribution is -2.48. The summed E-state index contributed by atoms with van der Waals surface area (Å²) in [7, 11) is 1.94. The number of rotatable bonds is 7. The van der Waals surface area contributed by atoms with E-state index in [0.29, 0.717) is 0 Å². The number of likely N-dealkylation sites (N-methyl/N-ethyl adjacent to an activating group) is 1. The zero-order valence-corrected chi connectivity index (χ0v) is 15.9. The molecule has 0 radical (unpaired) electrons. The van der Waals surface area contributed by atoms with Gasteiger partial charge in [0.1, 0.15) is 0 Å². The highest BCUT2D eigenvalue weighted by Gasteiger charge is 2.27. The van der Waals surface area contributed by atoms with Crippen molar-refractivity contribution in [3.05, 3.63) is 53.3 Å². The molecular formula is C21H30N4O. The molecule has 1 fully saturated rings. The first-order chi connectivity index (χ1) is 12.7. The van der Waals surface area contributed by atoms with Crippen molar-refractivity contribution in [3.63, 3.8) is 0 Å². The third-order valence-electron chi connectivity index (χ3n) is 5.43. The summed E-state index contributed by atoms with van der Waals surface area (Å²) in [4.78, 5) is 17.3. The number of amides is 1. The summed E-state index contributed by atoms with van der Waals surface area (Å²) in [5.41, 5.74) is 3.05. The van der Waals surface area contributed by atoms with Gasteiger partial charge in [-0.3, -0.25) is 9.89 Å². The number of carbonyl (C=O) groups excluding carboxylic acids is 1. The Hall–Kier alpha value is -2.14. The third kappa shape index (κ3) is 4.52. The number of nitrogens with zero attached hydrogens (tertiary/aromatic N) is 3. The maximum Gasteiger partial charge on any atom is 0.257 e. The van der Waals surface area contributed by atoms with Gasteiger partial charge in [-0.15, -0.1) is 0 Å². The number of nitrogens with one attached hydrogen (secondary N) is 1. The molecule has 2 aromatic rings.